The van der Waals surface area contributed by atoms with E-state index in [1.54, 1.807) is 6.08 Å². The molecular formula is C14H18N2O2. The molecule has 0 aromatic heterocycles. The molecule has 2 aliphatic carbocycles. The van der Waals surface area contributed by atoms with Crippen LogP contribution in [0.25, 0.3) is 0 Å². The summed E-state index contributed by atoms with van der Waals surface area (Å²) in [6.45, 7) is 5.77. The van der Waals surface area contributed by atoms with Crippen molar-refractivity contribution in [2.75, 3.05) is 0 Å². The molecule has 0 spiro atoms. The number of carbonyl (C=O) groups excluding carboxylic acids is 2. The molecule has 18 heavy (non-hydrogen) atoms. The predicted octanol–water partition coefficient (Wildman–Crippen LogP) is 1.34. The molecule has 96 valence electrons. The summed E-state index contributed by atoms with van der Waals surface area (Å²) in [7, 11) is 0. The van der Waals surface area contributed by atoms with Gasteiger partial charge in [0, 0.05) is 16.7 Å². The first-order valence-corrected chi connectivity index (χ1v) is 6.09. The molecular weight excluding hydrogens is 228 g/mol. The van der Waals surface area contributed by atoms with Crippen molar-refractivity contribution >= 4 is 11.6 Å². The number of nitrogens with one attached hydrogen (secondary N) is 1. The smallest absolute Gasteiger partial charge is 0.211 e. The number of Topliss-reactive ketones (excluding diaryl/α,β-unsaturated/α-hetero) is 2. The Morgan fingerprint density at radius 3 is 2.06 bits per heavy atom. The second-order valence-electron chi connectivity index (χ2n) is 5.63. The number of nitrogens with two attached hydrogens (primary N) is 1. The van der Waals surface area contributed by atoms with Gasteiger partial charge in [-0.25, -0.2) is 0 Å². The second kappa shape index (κ2) is 4.12. The van der Waals surface area contributed by atoms with Crippen LogP contribution in [0.4, 0.5) is 0 Å². The summed E-state index contributed by atoms with van der Waals surface area (Å²) in [5, 5.41) is 3.04. The normalized spacial score (nSPS) is 20.4. The summed E-state index contributed by atoms with van der Waals surface area (Å²) in [6, 6.07) is 0. The number of hydrogen-bond donors (Lipinski definition) is 2. The second-order valence-corrected chi connectivity index (χ2v) is 5.63. The highest BCUT2D eigenvalue weighted by Gasteiger charge is 2.35. The van der Waals surface area contributed by atoms with Crippen molar-refractivity contribution < 1.29 is 9.59 Å². The van der Waals surface area contributed by atoms with Gasteiger partial charge in [-0.1, -0.05) is 12.2 Å². The first-order chi connectivity index (χ1) is 8.31. The Hall–Kier alpha value is -1.84. The number of carbonyl (C=O) groups is 2. The van der Waals surface area contributed by atoms with Crippen molar-refractivity contribution in [3.05, 3.63) is 34.7 Å². The highest BCUT2D eigenvalue weighted by Crippen LogP contribution is 2.29. The zero-order valence-electron chi connectivity index (χ0n) is 11.0. The molecule has 4 nitrogen and oxygen atoms in total. The van der Waals surface area contributed by atoms with Crippen LogP contribution in [0, 0.1) is 0 Å². The molecule has 0 saturated heterocycles. The van der Waals surface area contributed by atoms with E-state index >= 15 is 0 Å². The monoisotopic (exact) mass is 246 g/mol. The zero-order chi connectivity index (χ0) is 13.5. The van der Waals surface area contributed by atoms with Gasteiger partial charge in [-0.3, -0.25) is 9.59 Å². The molecule has 4 heteroatoms. The van der Waals surface area contributed by atoms with Gasteiger partial charge in [0.2, 0.25) is 11.6 Å². The van der Waals surface area contributed by atoms with Gasteiger partial charge in [0.05, 0.1) is 0 Å². The predicted molar refractivity (Wildman–Crippen MR) is 69.5 cm³/mol. The fourth-order valence-electron chi connectivity index (χ4n) is 2.12. The lowest BCUT2D eigenvalue weighted by Crippen LogP contribution is -2.43. The fourth-order valence-corrected chi connectivity index (χ4v) is 2.12. The molecule has 0 amide bonds. The van der Waals surface area contributed by atoms with Crippen molar-refractivity contribution in [3.63, 3.8) is 0 Å². The number of allylic oxidation sites excluding steroid dienone is 4. The molecule has 0 unspecified atom stereocenters. The van der Waals surface area contributed by atoms with Crippen molar-refractivity contribution in [2.45, 2.75) is 39.2 Å². The van der Waals surface area contributed by atoms with E-state index in [9.17, 15) is 9.59 Å². The number of fused-ring (bicyclic) bond motifs is 1. The summed E-state index contributed by atoms with van der Waals surface area (Å²) in [6.07, 6.45) is 5.20. The van der Waals surface area contributed by atoms with E-state index in [2.05, 4.69) is 5.32 Å². The van der Waals surface area contributed by atoms with Crippen LogP contribution in [-0.4, -0.2) is 17.1 Å². The van der Waals surface area contributed by atoms with Gasteiger partial charge >= 0.3 is 0 Å². The summed E-state index contributed by atoms with van der Waals surface area (Å²) in [5.74, 6) is -0.416. The Balaban J connectivity index is 2.49. The molecule has 0 heterocycles. The molecule has 0 radical (unpaired) electrons. The summed E-state index contributed by atoms with van der Waals surface area (Å²) in [4.78, 5) is 24.4. The van der Waals surface area contributed by atoms with Crippen LogP contribution >= 0.6 is 0 Å². The third-order valence-electron chi connectivity index (χ3n) is 2.88. The highest BCUT2D eigenvalue weighted by molar-refractivity contribution is 6.29. The maximum atomic E-state index is 12.3. The van der Waals surface area contributed by atoms with Crippen molar-refractivity contribution in [2.24, 2.45) is 5.73 Å². The lowest BCUT2D eigenvalue weighted by Gasteiger charge is -2.29. The molecule has 0 saturated carbocycles. The van der Waals surface area contributed by atoms with Crippen molar-refractivity contribution in [3.8, 4) is 0 Å². The minimum Gasteiger partial charge on any atom is -0.394 e. The van der Waals surface area contributed by atoms with Crippen molar-refractivity contribution in [1.29, 1.82) is 0 Å². The summed E-state index contributed by atoms with van der Waals surface area (Å²) >= 11 is 0. The van der Waals surface area contributed by atoms with E-state index in [-0.39, 0.29) is 28.5 Å². The fraction of sp³-hybridized carbons (Fsp3) is 0.429. The van der Waals surface area contributed by atoms with E-state index in [0.29, 0.717) is 11.1 Å². The Kier molecular flexibility index (Phi) is 2.89. The third kappa shape index (κ3) is 2.10. The molecule has 3 N–H and O–H groups in total. The quantitative estimate of drug-likeness (QED) is 0.732. The minimum atomic E-state index is -0.313. The summed E-state index contributed by atoms with van der Waals surface area (Å²) < 4.78 is 0. The first kappa shape index (κ1) is 12.6. The van der Waals surface area contributed by atoms with Gasteiger partial charge in [-0.15, -0.1) is 0 Å². The van der Waals surface area contributed by atoms with Crippen LogP contribution < -0.4 is 11.1 Å². The molecule has 0 aromatic carbocycles. The van der Waals surface area contributed by atoms with Gasteiger partial charge in [0.25, 0.3) is 0 Å². The number of rotatable bonds is 1. The molecule has 0 fully saturated rings. The van der Waals surface area contributed by atoms with E-state index in [4.69, 9.17) is 5.73 Å². The van der Waals surface area contributed by atoms with Gasteiger partial charge in [-0.05, 0) is 33.6 Å². The van der Waals surface area contributed by atoms with Crippen LogP contribution in [0.1, 0.15) is 33.6 Å². The average molecular weight is 246 g/mol. The van der Waals surface area contributed by atoms with E-state index < -0.39 is 0 Å². The molecule has 0 bridgehead atoms. The maximum Gasteiger partial charge on any atom is 0.211 e. The summed E-state index contributed by atoms with van der Waals surface area (Å²) in [5.41, 5.74) is 6.71. The highest BCUT2D eigenvalue weighted by atomic mass is 16.1. The molecule has 0 atom stereocenters. The topological polar surface area (TPSA) is 72.2 Å². The van der Waals surface area contributed by atoms with E-state index in [0.717, 1.165) is 12.8 Å². The minimum absolute atomic E-state index is 0.0280. The van der Waals surface area contributed by atoms with Gasteiger partial charge in [0.1, 0.15) is 11.4 Å². The molecule has 0 aromatic rings. The van der Waals surface area contributed by atoms with Crippen LogP contribution in [-0.2, 0) is 9.59 Å². The Morgan fingerprint density at radius 1 is 1.06 bits per heavy atom. The zero-order valence-corrected chi connectivity index (χ0v) is 11.0. The Labute approximate surface area is 107 Å². The lowest BCUT2D eigenvalue weighted by molar-refractivity contribution is -0.117. The van der Waals surface area contributed by atoms with E-state index in [1.807, 2.05) is 26.8 Å². The first-order valence-electron chi connectivity index (χ1n) is 6.09. The molecule has 2 aliphatic rings. The standard InChI is InChI=1S/C14H18N2O2/c1-14(2,3)16-11-10(15)12(17)8-6-4-5-7-9(8)13(11)18/h6-7,16H,4-5,15H2,1-3H3. The van der Waals surface area contributed by atoms with Gasteiger partial charge < -0.3 is 11.1 Å². The average Bonchev–Trinajstić information content (AvgIpc) is 2.31. The van der Waals surface area contributed by atoms with Crippen LogP contribution in [0.5, 0.6) is 0 Å². The number of hydrogen-bond acceptors (Lipinski definition) is 4. The Bertz CT molecular complexity index is 516. The van der Waals surface area contributed by atoms with Crippen molar-refractivity contribution in [1.82, 2.24) is 5.32 Å². The van der Waals surface area contributed by atoms with Crippen LogP contribution in [0.2, 0.25) is 0 Å². The van der Waals surface area contributed by atoms with Crippen LogP contribution in [0.3, 0.4) is 0 Å². The van der Waals surface area contributed by atoms with Gasteiger partial charge in [-0.2, -0.15) is 0 Å². The lowest BCUT2D eigenvalue weighted by atomic mass is 9.83. The van der Waals surface area contributed by atoms with E-state index in [1.165, 1.54) is 0 Å². The SMILES string of the molecule is CC(C)(C)NC1=C(N)C(=O)C2=CCCC=C2C1=O. The van der Waals surface area contributed by atoms with Crippen LogP contribution in [0.15, 0.2) is 34.7 Å². The largest absolute Gasteiger partial charge is 0.394 e. The third-order valence-corrected chi connectivity index (χ3v) is 2.88. The Morgan fingerprint density at radius 2 is 1.56 bits per heavy atom. The number of ketones is 2. The molecule has 0 aliphatic heterocycles. The maximum absolute atomic E-state index is 12.3. The molecule has 2 rings (SSSR count). The van der Waals surface area contributed by atoms with Gasteiger partial charge in [0.15, 0.2) is 0 Å².